The summed E-state index contributed by atoms with van der Waals surface area (Å²) in [5.74, 6) is 0.634. The van der Waals surface area contributed by atoms with Gasteiger partial charge in [-0.2, -0.15) is 0 Å². The van der Waals surface area contributed by atoms with Gasteiger partial charge in [0.05, 0.1) is 12.2 Å². The minimum absolute atomic E-state index is 0.0299. The molecule has 7 nitrogen and oxygen atoms in total. The van der Waals surface area contributed by atoms with E-state index in [-0.39, 0.29) is 11.7 Å². The van der Waals surface area contributed by atoms with Gasteiger partial charge in [0.1, 0.15) is 0 Å². The second-order valence-corrected chi connectivity index (χ2v) is 7.89. The van der Waals surface area contributed by atoms with Crippen molar-refractivity contribution in [1.82, 2.24) is 29.8 Å². The minimum atomic E-state index is 0.0299. The standard InChI is InChI=1S/C25H28N6O/c1-4-6-9-21-17-30(18(3)5-2)25(32)31(21)16-19-12-14-20(15-13-19)22-10-7-8-11-23(22)24-26-28-29-27-24/h6-15,17-18H,4-5,16H2,1-3H3,(H,26,27,28,29). The molecule has 0 saturated heterocycles. The molecule has 1 N–H and O–H groups in total. The molecule has 164 valence electrons. The Balaban J connectivity index is 1.65. The van der Waals surface area contributed by atoms with E-state index in [1.807, 2.05) is 39.6 Å². The van der Waals surface area contributed by atoms with E-state index in [9.17, 15) is 4.79 Å². The van der Waals surface area contributed by atoms with E-state index in [0.717, 1.165) is 40.8 Å². The molecule has 32 heavy (non-hydrogen) atoms. The Morgan fingerprint density at radius 3 is 2.47 bits per heavy atom. The monoisotopic (exact) mass is 428 g/mol. The molecule has 1 unspecified atom stereocenters. The number of hydrogen-bond acceptors (Lipinski definition) is 4. The number of aromatic nitrogens is 6. The Hall–Kier alpha value is -3.74. The van der Waals surface area contributed by atoms with Crippen LogP contribution in [0.4, 0.5) is 0 Å². The van der Waals surface area contributed by atoms with Crippen LogP contribution < -0.4 is 5.69 Å². The average Bonchev–Trinajstić information content (AvgIpc) is 3.47. The van der Waals surface area contributed by atoms with Crippen molar-refractivity contribution in [2.45, 2.75) is 46.2 Å². The number of nitrogens with one attached hydrogen (secondary N) is 1. The van der Waals surface area contributed by atoms with Crippen molar-refractivity contribution in [2.75, 3.05) is 0 Å². The fraction of sp³-hybridized carbons (Fsp3) is 0.280. The third-order valence-corrected chi connectivity index (χ3v) is 5.76. The molecule has 0 aliphatic rings. The first kappa shape index (κ1) is 21.5. The lowest BCUT2D eigenvalue weighted by atomic mass is 9.98. The summed E-state index contributed by atoms with van der Waals surface area (Å²) in [6, 6.07) is 16.5. The van der Waals surface area contributed by atoms with Gasteiger partial charge >= 0.3 is 5.69 Å². The van der Waals surface area contributed by atoms with Crippen LogP contribution in [0.5, 0.6) is 0 Å². The van der Waals surface area contributed by atoms with Gasteiger partial charge in [-0.05, 0) is 53.0 Å². The molecule has 2 aromatic heterocycles. The summed E-state index contributed by atoms with van der Waals surface area (Å²) in [6.45, 7) is 6.80. The first-order chi connectivity index (χ1) is 15.6. The number of imidazole rings is 1. The van der Waals surface area contributed by atoms with Crippen LogP contribution in [0.3, 0.4) is 0 Å². The predicted octanol–water partition coefficient (Wildman–Crippen LogP) is 4.94. The highest BCUT2D eigenvalue weighted by Crippen LogP contribution is 2.29. The van der Waals surface area contributed by atoms with Crippen LogP contribution in [0, 0.1) is 0 Å². The average molecular weight is 429 g/mol. The summed E-state index contributed by atoms with van der Waals surface area (Å²) in [5.41, 5.74) is 5.09. The summed E-state index contributed by atoms with van der Waals surface area (Å²) in [4.78, 5) is 13.1. The maximum absolute atomic E-state index is 13.1. The van der Waals surface area contributed by atoms with E-state index in [2.05, 4.69) is 77.8 Å². The first-order valence-corrected chi connectivity index (χ1v) is 11.0. The quantitative estimate of drug-likeness (QED) is 0.431. The van der Waals surface area contributed by atoms with Crippen LogP contribution in [0.1, 0.15) is 50.9 Å². The first-order valence-electron chi connectivity index (χ1n) is 11.0. The van der Waals surface area contributed by atoms with E-state index >= 15 is 0 Å². The molecular formula is C25H28N6O. The van der Waals surface area contributed by atoms with Crippen LogP contribution >= 0.6 is 0 Å². The summed E-state index contributed by atoms with van der Waals surface area (Å²) in [5, 5.41) is 14.3. The van der Waals surface area contributed by atoms with Gasteiger partial charge in [0.2, 0.25) is 0 Å². The summed E-state index contributed by atoms with van der Waals surface area (Å²) in [6.07, 6.45) is 7.94. The second-order valence-electron chi connectivity index (χ2n) is 7.89. The molecule has 0 aliphatic carbocycles. The highest BCUT2D eigenvalue weighted by atomic mass is 16.1. The van der Waals surface area contributed by atoms with Crippen LogP contribution in [0.2, 0.25) is 0 Å². The summed E-state index contributed by atoms with van der Waals surface area (Å²) in [7, 11) is 0. The molecule has 0 saturated carbocycles. The lowest BCUT2D eigenvalue weighted by molar-refractivity contribution is 0.504. The van der Waals surface area contributed by atoms with Gasteiger partial charge in [-0.3, -0.25) is 9.13 Å². The van der Waals surface area contributed by atoms with Gasteiger partial charge in [-0.15, -0.1) is 5.10 Å². The lowest BCUT2D eigenvalue weighted by Crippen LogP contribution is -2.26. The second kappa shape index (κ2) is 9.60. The molecule has 1 atom stereocenters. The molecule has 0 aliphatic heterocycles. The van der Waals surface area contributed by atoms with Gasteiger partial charge in [0.15, 0.2) is 5.82 Å². The zero-order valence-corrected chi connectivity index (χ0v) is 18.7. The maximum Gasteiger partial charge on any atom is 0.329 e. The molecule has 4 rings (SSSR count). The molecule has 2 aromatic carbocycles. The van der Waals surface area contributed by atoms with Crippen molar-refractivity contribution >= 4 is 6.08 Å². The number of allylic oxidation sites excluding steroid dienone is 1. The SMILES string of the molecule is CCC=Cc1cn(C(C)CC)c(=O)n1Cc1ccc(-c2ccccc2-c2nnn[nH]2)cc1. The molecule has 0 fully saturated rings. The van der Waals surface area contributed by atoms with Gasteiger partial charge < -0.3 is 0 Å². The van der Waals surface area contributed by atoms with E-state index in [1.54, 1.807) is 0 Å². The molecular weight excluding hydrogens is 400 g/mol. The Bertz CT molecular complexity index is 1250. The number of aromatic amines is 1. The number of tetrazole rings is 1. The lowest BCUT2D eigenvalue weighted by Gasteiger charge is -2.10. The zero-order valence-electron chi connectivity index (χ0n) is 18.7. The van der Waals surface area contributed by atoms with E-state index in [4.69, 9.17) is 0 Å². The Labute approximate surface area is 187 Å². The molecule has 7 heteroatoms. The predicted molar refractivity (Wildman–Crippen MR) is 127 cm³/mol. The van der Waals surface area contributed by atoms with Crippen molar-refractivity contribution in [1.29, 1.82) is 0 Å². The summed E-state index contributed by atoms with van der Waals surface area (Å²) >= 11 is 0. The Morgan fingerprint density at radius 1 is 1.06 bits per heavy atom. The van der Waals surface area contributed by atoms with Crippen LogP contribution in [0.25, 0.3) is 28.6 Å². The molecule has 0 amide bonds. The molecule has 0 radical (unpaired) electrons. The highest BCUT2D eigenvalue weighted by Gasteiger charge is 2.14. The fourth-order valence-electron chi connectivity index (χ4n) is 3.75. The van der Waals surface area contributed by atoms with Crippen molar-refractivity contribution in [3.63, 3.8) is 0 Å². The van der Waals surface area contributed by atoms with Crippen molar-refractivity contribution in [2.24, 2.45) is 0 Å². The van der Waals surface area contributed by atoms with Crippen molar-refractivity contribution in [3.05, 3.63) is 82.5 Å². The third-order valence-electron chi connectivity index (χ3n) is 5.76. The number of benzene rings is 2. The van der Waals surface area contributed by atoms with Crippen LogP contribution in [0.15, 0.2) is 65.6 Å². The maximum atomic E-state index is 13.1. The van der Waals surface area contributed by atoms with Gasteiger partial charge in [0.25, 0.3) is 0 Å². The van der Waals surface area contributed by atoms with Crippen molar-refractivity contribution in [3.8, 4) is 22.5 Å². The fourth-order valence-corrected chi connectivity index (χ4v) is 3.75. The Kier molecular flexibility index (Phi) is 6.44. The van der Waals surface area contributed by atoms with E-state index in [0.29, 0.717) is 12.4 Å². The molecule has 0 spiro atoms. The van der Waals surface area contributed by atoms with Gasteiger partial charge in [-0.25, -0.2) is 9.89 Å². The third kappa shape index (κ3) is 4.32. The smallest absolute Gasteiger partial charge is 0.296 e. The largest absolute Gasteiger partial charge is 0.329 e. The van der Waals surface area contributed by atoms with Crippen LogP contribution in [-0.2, 0) is 6.54 Å². The van der Waals surface area contributed by atoms with Gasteiger partial charge in [-0.1, -0.05) is 68.5 Å². The zero-order chi connectivity index (χ0) is 22.5. The molecule has 0 bridgehead atoms. The van der Waals surface area contributed by atoms with E-state index < -0.39 is 0 Å². The Morgan fingerprint density at radius 2 is 1.81 bits per heavy atom. The normalized spacial score (nSPS) is 12.5. The number of H-pyrrole nitrogens is 1. The molecule has 2 heterocycles. The van der Waals surface area contributed by atoms with Gasteiger partial charge in [0, 0.05) is 17.8 Å². The van der Waals surface area contributed by atoms with Crippen molar-refractivity contribution < 1.29 is 0 Å². The summed E-state index contributed by atoms with van der Waals surface area (Å²) < 4.78 is 3.69. The van der Waals surface area contributed by atoms with Crippen LogP contribution in [-0.4, -0.2) is 29.8 Å². The molecule has 4 aromatic rings. The highest BCUT2D eigenvalue weighted by molar-refractivity contribution is 5.80. The minimum Gasteiger partial charge on any atom is -0.296 e. The van der Waals surface area contributed by atoms with E-state index in [1.165, 1.54) is 0 Å². The number of nitrogens with zero attached hydrogens (tertiary/aromatic N) is 5. The topological polar surface area (TPSA) is 81.4 Å². The number of hydrogen-bond donors (Lipinski definition) is 1. The number of rotatable bonds is 8.